The lowest BCUT2D eigenvalue weighted by Crippen LogP contribution is -2.34. The van der Waals surface area contributed by atoms with Gasteiger partial charge in [0.1, 0.15) is 4.83 Å². The number of carbonyl (C=O) groups is 1. The number of nitrogens with one attached hydrogen (secondary N) is 1. The Balaban J connectivity index is 1.86. The highest BCUT2D eigenvalue weighted by atomic mass is 32.1. The second-order valence-corrected chi connectivity index (χ2v) is 8.07. The third-order valence-electron chi connectivity index (χ3n) is 4.42. The lowest BCUT2D eigenvalue weighted by molar-refractivity contribution is 0.259. The number of anilines is 3. The summed E-state index contributed by atoms with van der Waals surface area (Å²) in [6.07, 6.45) is 4.50. The molecule has 0 spiro atoms. The fourth-order valence-corrected chi connectivity index (χ4v) is 4.30. The molecule has 1 aliphatic rings. The minimum absolute atomic E-state index is 0.150. The van der Waals surface area contributed by atoms with Gasteiger partial charge in [0.15, 0.2) is 0 Å². The normalized spacial score (nSPS) is 13.6. The number of amides is 2. The Morgan fingerprint density at radius 1 is 1.24 bits per heavy atom. The van der Waals surface area contributed by atoms with Crippen molar-refractivity contribution in [3.05, 3.63) is 40.7 Å². The summed E-state index contributed by atoms with van der Waals surface area (Å²) >= 11 is 1.60. The van der Waals surface area contributed by atoms with E-state index in [1.165, 1.54) is 0 Å². The largest absolute Gasteiger partial charge is 0.331 e. The lowest BCUT2D eigenvalue weighted by Gasteiger charge is -2.29. The van der Waals surface area contributed by atoms with Crippen LogP contribution in [0.15, 0.2) is 24.5 Å². The number of hydrogen-bond acceptors (Lipinski definition) is 4. The van der Waals surface area contributed by atoms with E-state index < -0.39 is 0 Å². The minimum atomic E-state index is -0.150. The Bertz CT molecular complexity index is 992. The number of urea groups is 1. The molecule has 5 nitrogen and oxygen atoms in total. The molecule has 1 N–H and O–H groups in total. The van der Waals surface area contributed by atoms with Crippen LogP contribution in [0.3, 0.4) is 0 Å². The van der Waals surface area contributed by atoms with Crippen LogP contribution in [0.2, 0.25) is 0 Å². The first kappa shape index (κ1) is 16.0. The van der Waals surface area contributed by atoms with Crippen LogP contribution in [0.4, 0.5) is 21.9 Å². The van der Waals surface area contributed by atoms with E-state index >= 15 is 0 Å². The maximum atomic E-state index is 12.8. The Morgan fingerprint density at radius 2 is 2.04 bits per heavy atom. The summed E-state index contributed by atoms with van der Waals surface area (Å²) in [5, 5.41) is 4.03. The van der Waals surface area contributed by atoms with E-state index in [2.05, 4.69) is 35.2 Å². The fraction of sp³-hybridized carbons (Fsp3) is 0.316. The molecule has 3 aromatic heterocycles. The van der Waals surface area contributed by atoms with E-state index in [0.29, 0.717) is 5.92 Å². The van der Waals surface area contributed by atoms with Crippen LogP contribution in [0.5, 0.6) is 0 Å². The second kappa shape index (κ2) is 5.81. The molecule has 0 saturated carbocycles. The van der Waals surface area contributed by atoms with Gasteiger partial charge in [-0.25, -0.2) is 9.78 Å². The molecule has 0 radical (unpaired) electrons. The van der Waals surface area contributed by atoms with Gasteiger partial charge in [-0.3, -0.25) is 9.88 Å². The topological polar surface area (TPSA) is 58.1 Å². The zero-order valence-electron chi connectivity index (χ0n) is 14.8. The molecule has 1 aliphatic heterocycles. The molecule has 4 rings (SSSR count). The fourth-order valence-electron chi connectivity index (χ4n) is 3.34. The summed E-state index contributed by atoms with van der Waals surface area (Å²) in [6, 6.07) is 3.83. The molecule has 25 heavy (non-hydrogen) atoms. The number of rotatable bonds is 3. The van der Waals surface area contributed by atoms with Crippen molar-refractivity contribution in [3.63, 3.8) is 0 Å². The quantitative estimate of drug-likeness (QED) is 0.705. The van der Waals surface area contributed by atoms with Crippen molar-refractivity contribution < 1.29 is 4.79 Å². The van der Waals surface area contributed by atoms with Gasteiger partial charge in [-0.15, -0.1) is 11.3 Å². The Kier molecular flexibility index (Phi) is 3.72. The summed E-state index contributed by atoms with van der Waals surface area (Å²) < 4.78 is 0. The van der Waals surface area contributed by atoms with Crippen LogP contribution < -0.4 is 10.2 Å². The van der Waals surface area contributed by atoms with E-state index in [1.54, 1.807) is 22.4 Å². The standard InChI is InChI=1S/C19H20N4OS/c1-10(2)7-13-8-11(3)15(9-21-13)23-14-5-6-20-18-16(14)17(12(4)25-18)22-19(23)24/h5-6,8-10H,7H2,1-4H3,(H,22,24). The molecule has 0 fully saturated rings. The highest BCUT2D eigenvalue weighted by Crippen LogP contribution is 2.45. The van der Waals surface area contributed by atoms with Gasteiger partial charge in [0.25, 0.3) is 0 Å². The first-order valence-corrected chi connectivity index (χ1v) is 9.22. The smallest absolute Gasteiger partial charge is 0.305 e. The Morgan fingerprint density at radius 3 is 2.76 bits per heavy atom. The van der Waals surface area contributed by atoms with Crippen molar-refractivity contribution in [2.45, 2.75) is 34.1 Å². The molecule has 0 unspecified atom stereocenters. The van der Waals surface area contributed by atoms with Crippen LogP contribution in [-0.2, 0) is 6.42 Å². The zero-order chi connectivity index (χ0) is 17.7. The second-order valence-electron chi connectivity index (χ2n) is 6.87. The average molecular weight is 352 g/mol. The summed E-state index contributed by atoms with van der Waals surface area (Å²) in [4.78, 5) is 25.6. The van der Waals surface area contributed by atoms with Crippen LogP contribution in [0, 0.1) is 19.8 Å². The molecule has 0 aliphatic carbocycles. The number of carbonyl (C=O) groups excluding carboxylic acids is 1. The van der Waals surface area contributed by atoms with Gasteiger partial charge in [-0.2, -0.15) is 0 Å². The van der Waals surface area contributed by atoms with Crippen molar-refractivity contribution in [2.24, 2.45) is 5.92 Å². The predicted octanol–water partition coefficient (Wildman–Crippen LogP) is 5.19. The van der Waals surface area contributed by atoms with E-state index in [9.17, 15) is 4.79 Å². The monoisotopic (exact) mass is 352 g/mol. The van der Waals surface area contributed by atoms with Crippen molar-refractivity contribution in [1.82, 2.24) is 9.97 Å². The third-order valence-corrected chi connectivity index (χ3v) is 5.43. The number of pyridine rings is 2. The molecule has 128 valence electrons. The van der Waals surface area contributed by atoms with Gasteiger partial charge in [0.2, 0.25) is 0 Å². The molecule has 0 bridgehead atoms. The van der Waals surface area contributed by atoms with Gasteiger partial charge in [-0.1, -0.05) is 13.8 Å². The van der Waals surface area contributed by atoms with Gasteiger partial charge < -0.3 is 5.32 Å². The number of hydrogen-bond donors (Lipinski definition) is 1. The number of thiophene rings is 1. The number of nitrogens with zero attached hydrogens (tertiary/aromatic N) is 3. The number of aryl methyl sites for hydroxylation is 2. The first-order chi connectivity index (χ1) is 12.0. The van der Waals surface area contributed by atoms with Crippen LogP contribution in [0.25, 0.3) is 10.2 Å². The molecule has 2 amide bonds. The van der Waals surface area contributed by atoms with E-state index in [4.69, 9.17) is 0 Å². The minimum Gasteiger partial charge on any atom is -0.305 e. The first-order valence-electron chi connectivity index (χ1n) is 8.40. The summed E-state index contributed by atoms with van der Waals surface area (Å²) in [5.41, 5.74) is 4.66. The Hall–Kier alpha value is -2.47. The van der Waals surface area contributed by atoms with Crippen molar-refractivity contribution in [2.75, 3.05) is 10.2 Å². The maximum Gasteiger partial charge on any atom is 0.331 e. The molecular formula is C19H20N4OS. The van der Waals surface area contributed by atoms with Crippen LogP contribution >= 0.6 is 11.3 Å². The third kappa shape index (κ3) is 2.57. The highest BCUT2D eigenvalue weighted by Gasteiger charge is 2.30. The average Bonchev–Trinajstić information content (AvgIpc) is 2.86. The van der Waals surface area contributed by atoms with Gasteiger partial charge >= 0.3 is 6.03 Å². The maximum absolute atomic E-state index is 12.8. The van der Waals surface area contributed by atoms with E-state index in [-0.39, 0.29) is 6.03 Å². The molecule has 6 heteroatoms. The summed E-state index contributed by atoms with van der Waals surface area (Å²) in [5.74, 6) is 0.548. The highest BCUT2D eigenvalue weighted by molar-refractivity contribution is 7.19. The number of aromatic nitrogens is 2. The predicted molar refractivity (Wildman–Crippen MR) is 103 cm³/mol. The molecule has 3 aromatic rings. The molecule has 0 atom stereocenters. The van der Waals surface area contributed by atoms with Crippen LogP contribution in [-0.4, -0.2) is 16.0 Å². The van der Waals surface area contributed by atoms with Crippen molar-refractivity contribution in [1.29, 1.82) is 0 Å². The Labute approximate surface area is 150 Å². The lowest BCUT2D eigenvalue weighted by atomic mass is 10.1. The van der Waals surface area contributed by atoms with Crippen molar-refractivity contribution in [3.8, 4) is 0 Å². The molecule has 0 aromatic carbocycles. The molecule has 0 saturated heterocycles. The van der Waals surface area contributed by atoms with Crippen molar-refractivity contribution >= 4 is 44.6 Å². The summed E-state index contributed by atoms with van der Waals surface area (Å²) in [6.45, 7) is 8.39. The van der Waals surface area contributed by atoms with Crippen LogP contribution in [0.1, 0.15) is 30.0 Å². The molecular weight excluding hydrogens is 332 g/mol. The zero-order valence-corrected chi connectivity index (χ0v) is 15.6. The van der Waals surface area contributed by atoms with Gasteiger partial charge in [-0.05, 0) is 43.9 Å². The van der Waals surface area contributed by atoms with Gasteiger partial charge in [0.05, 0.1) is 28.6 Å². The summed E-state index contributed by atoms with van der Waals surface area (Å²) in [7, 11) is 0. The van der Waals surface area contributed by atoms with E-state index in [1.807, 2.05) is 26.1 Å². The van der Waals surface area contributed by atoms with Gasteiger partial charge in [0, 0.05) is 16.8 Å². The SMILES string of the molecule is Cc1cc(CC(C)C)ncc1N1C(=O)Nc2c(C)sc3nccc1c23. The van der Waals surface area contributed by atoms with E-state index in [0.717, 1.165) is 49.8 Å². The molecule has 4 heterocycles.